The van der Waals surface area contributed by atoms with Gasteiger partial charge in [0, 0.05) is 17.5 Å². The molecule has 1 aliphatic heterocycles. The van der Waals surface area contributed by atoms with Gasteiger partial charge in [0.05, 0.1) is 31.4 Å². The molecule has 30 heavy (non-hydrogen) atoms. The molecule has 3 rings (SSSR count). The van der Waals surface area contributed by atoms with Gasteiger partial charge < -0.3 is 25.7 Å². The summed E-state index contributed by atoms with van der Waals surface area (Å²) >= 11 is 0. The molecule has 0 atom stereocenters. The molecule has 0 amide bonds. The fraction of sp³-hybridized carbons (Fsp3) is 0.500. The fourth-order valence-electron chi connectivity index (χ4n) is 3.57. The predicted octanol–water partition coefficient (Wildman–Crippen LogP) is 2.87. The Morgan fingerprint density at radius 2 is 1.60 bits per heavy atom. The van der Waals surface area contributed by atoms with Gasteiger partial charge in [0.25, 0.3) is 0 Å². The van der Waals surface area contributed by atoms with Crippen LogP contribution in [0.1, 0.15) is 49.8 Å². The highest BCUT2D eigenvalue weighted by atomic mass is 32.2. The summed E-state index contributed by atoms with van der Waals surface area (Å²) in [6.07, 6.45) is 0.856. The first kappa shape index (κ1) is 21.9. The zero-order valence-electron chi connectivity index (χ0n) is 17.6. The molecule has 1 aromatic carbocycles. The van der Waals surface area contributed by atoms with Crippen LogP contribution in [-0.4, -0.2) is 44.1 Å². The number of nitrogen functional groups attached to an aromatic ring is 2. The lowest BCUT2D eigenvalue weighted by Crippen LogP contribution is -2.23. The number of hydrogen-bond donors (Lipinski definition) is 2. The predicted molar refractivity (Wildman–Crippen MR) is 115 cm³/mol. The van der Waals surface area contributed by atoms with E-state index >= 15 is 0 Å². The molecular weight excluding hydrogens is 408 g/mol. The van der Waals surface area contributed by atoms with Crippen LogP contribution in [0.3, 0.4) is 0 Å². The lowest BCUT2D eigenvalue weighted by molar-refractivity contribution is 0.350. The van der Waals surface area contributed by atoms with Gasteiger partial charge in [0.15, 0.2) is 23.1 Å². The maximum atomic E-state index is 11.8. The van der Waals surface area contributed by atoms with Crippen LogP contribution >= 0.6 is 0 Å². The van der Waals surface area contributed by atoms with Crippen molar-refractivity contribution in [3.05, 3.63) is 23.4 Å². The van der Waals surface area contributed by atoms with Gasteiger partial charge >= 0.3 is 0 Å². The van der Waals surface area contributed by atoms with Crippen LogP contribution in [0.5, 0.6) is 23.0 Å². The van der Waals surface area contributed by atoms with Crippen LogP contribution in [0.25, 0.3) is 0 Å². The highest BCUT2D eigenvalue weighted by Crippen LogP contribution is 2.44. The number of aromatic nitrogens is 2. The second-order valence-corrected chi connectivity index (χ2v) is 9.91. The summed E-state index contributed by atoms with van der Waals surface area (Å²) < 4.78 is 40.8. The second-order valence-electron chi connectivity index (χ2n) is 7.61. The van der Waals surface area contributed by atoms with Gasteiger partial charge in [-0.25, -0.2) is 13.4 Å². The molecule has 0 saturated carbocycles. The van der Waals surface area contributed by atoms with E-state index in [4.69, 9.17) is 25.7 Å². The van der Waals surface area contributed by atoms with E-state index in [1.54, 1.807) is 20.3 Å². The minimum atomic E-state index is -3.03. The van der Waals surface area contributed by atoms with Crippen molar-refractivity contribution in [2.24, 2.45) is 0 Å². The standard InChI is InChI=1S/C20H28N4O5S/c1-11(2)13-9-15(27-3)16(28-4)10-14(13)29-18-17(23-20(22)24-19(18)21)12-5-7-30(25,26)8-6-12/h9-12H,5-8H2,1-4H3,(H4,21,22,23,24). The van der Waals surface area contributed by atoms with Crippen LogP contribution in [0.4, 0.5) is 11.8 Å². The molecule has 1 aliphatic rings. The quantitative estimate of drug-likeness (QED) is 0.699. The number of nitrogens with two attached hydrogens (primary N) is 2. The van der Waals surface area contributed by atoms with Gasteiger partial charge in [-0.15, -0.1) is 0 Å². The molecule has 0 bridgehead atoms. The van der Waals surface area contributed by atoms with Crippen LogP contribution in [0, 0.1) is 0 Å². The molecule has 2 aromatic rings. The van der Waals surface area contributed by atoms with Gasteiger partial charge in [-0.1, -0.05) is 13.8 Å². The smallest absolute Gasteiger partial charge is 0.222 e. The van der Waals surface area contributed by atoms with Gasteiger partial charge in [-0.2, -0.15) is 4.98 Å². The van der Waals surface area contributed by atoms with E-state index < -0.39 is 9.84 Å². The molecule has 0 radical (unpaired) electrons. The molecule has 1 saturated heterocycles. The Hall–Kier alpha value is -2.75. The summed E-state index contributed by atoms with van der Waals surface area (Å²) in [7, 11) is 0.0924. The molecule has 0 spiro atoms. The number of sulfone groups is 1. The van der Waals surface area contributed by atoms with Crippen LogP contribution in [0.15, 0.2) is 12.1 Å². The fourth-order valence-corrected chi connectivity index (χ4v) is 5.07. The minimum Gasteiger partial charge on any atom is -0.493 e. The normalized spacial score (nSPS) is 16.4. The molecular formula is C20H28N4O5S. The first-order chi connectivity index (χ1) is 14.1. The summed E-state index contributed by atoms with van der Waals surface area (Å²) in [4.78, 5) is 8.41. The van der Waals surface area contributed by atoms with Crippen LogP contribution < -0.4 is 25.7 Å². The van der Waals surface area contributed by atoms with E-state index in [-0.39, 0.29) is 35.1 Å². The first-order valence-corrected chi connectivity index (χ1v) is 11.5. The molecule has 0 unspecified atom stereocenters. The van der Waals surface area contributed by atoms with Gasteiger partial charge in [0.2, 0.25) is 5.95 Å². The maximum Gasteiger partial charge on any atom is 0.222 e. The van der Waals surface area contributed by atoms with Crippen LogP contribution in [-0.2, 0) is 9.84 Å². The Labute approximate surface area is 176 Å². The summed E-state index contributed by atoms with van der Waals surface area (Å²) in [5.74, 6) is 2.23. The topological polar surface area (TPSA) is 140 Å². The van der Waals surface area contributed by atoms with E-state index in [9.17, 15) is 8.42 Å². The van der Waals surface area contributed by atoms with Crippen molar-refractivity contribution < 1.29 is 22.6 Å². The average Bonchev–Trinajstić information content (AvgIpc) is 2.69. The maximum absolute atomic E-state index is 11.8. The van der Waals surface area contributed by atoms with Crippen molar-refractivity contribution in [1.82, 2.24) is 9.97 Å². The monoisotopic (exact) mass is 436 g/mol. The third-order valence-corrected chi connectivity index (χ3v) is 6.94. The van der Waals surface area contributed by atoms with Crippen LogP contribution in [0.2, 0.25) is 0 Å². The Bertz CT molecular complexity index is 1030. The number of benzene rings is 1. The lowest BCUT2D eigenvalue weighted by Gasteiger charge is -2.25. The van der Waals surface area contributed by atoms with E-state index in [0.29, 0.717) is 41.5 Å². The number of methoxy groups -OCH3 is 2. The Balaban J connectivity index is 2.07. The zero-order chi connectivity index (χ0) is 22.1. The van der Waals surface area contributed by atoms with Gasteiger partial charge in [-0.3, -0.25) is 0 Å². The van der Waals surface area contributed by atoms with E-state index in [2.05, 4.69) is 9.97 Å². The number of rotatable bonds is 6. The van der Waals surface area contributed by atoms with Crippen molar-refractivity contribution in [3.8, 4) is 23.0 Å². The summed E-state index contributed by atoms with van der Waals surface area (Å²) in [5.41, 5.74) is 13.4. The molecule has 4 N–H and O–H groups in total. The number of hydrogen-bond acceptors (Lipinski definition) is 9. The second kappa shape index (κ2) is 8.55. The Morgan fingerprint density at radius 1 is 1.00 bits per heavy atom. The third-order valence-electron chi connectivity index (χ3n) is 5.23. The molecule has 2 heterocycles. The lowest BCUT2D eigenvalue weighted by atomic mass is 9.97. The third kappa shape index (κ3) is 4.53. The van der Waals surface area contributed by atoms with E-state index in [1.807, 2.05) is 19.9 Å². The molecule has 9 nitrogen and oxygen atoms in total. The Morgan fingerprint density at radius 3 is 2.17 bits per heavy atom. The zero-order valence-corrected chi connectivity index (χ0v) is 18.5. The summed E-state index contributed by atoms with van der Waals surface area (Å²) in [5, 5.41) is 0. The molecule has 0 aliphatic carbocycles. The van der Waals surface area contributed by atoms with Crippen molar-refractivity contribution in [2.45, 2.75) is 38.5 Å². The van der Waals surface area contributed by atoms with E-state index in [1.165, 1.54) is 0 Å². The summed E-state index contributed by atoms with van der Waals surface area (Å²) in [6, 6.07) is 3.60. The molecule has 10 heteroatoms. The largest absolute Gasteiger partial charge is 0.493 e. The molecule has 1 aromatic heterocycles. The van der Waals surface area contributed by atoms with Crippen molar-refractivity contribution in [1.29, 1.82) is 0 Å². The molecule has 1 fully saturated rings. The van der Waals surface area contributed by atoms with Crippen molar-refractivity contribution >= 4 is 21.6 Å². The average molecular weight is 437 g/mol. The minimum absolute atomic E-state index is 0.0275. The van der Waals surface area contributed by atoms with Gasteiger partial charge in [-0.05, 0) is 24.8 Å². The van der Waals surface area contributed by atoms with Gasteiger partial charge in [0.1, 0.15) is 15.6 Å². The highest BCUT2D eigenvalue weighted by Gasteiger charge is 2.30. The van der Waals surface area contributed by atoms with Crippen molar-refractivity contribution in [2.75, 3.05) is 37.2 Å². The first-order valence-electron chi connectivity index (χ1n) is 9.72. The Kier molecular flexibility index (Phi) is 6.25. The summed E-state index contributed by atoms with van der Waals surface area (Å²) in [6.45, 7) is 4.06. The number of nitrogens with zero attached hydrogens (tertiary/aromatic N) is 2. The number of anilines is 2. The highest BCUT2D eigenvalue weighted by molar-refractivity contribution is 7.91. The van der Waals surface area contributed by atoms with Crippen molar-refractivity contribution in [3.63, 3.8) is 0 Å². The molecule has 164 valence electrons. The van der Waals surface area contributed by atoms with E-state index in [0.717, 1.165) is 5.56 Å². The SMILES string of the molecule is COc1cc(Oc2c(N)nc(N)nc2C2CCS(=O)(=O)CC2)c(C(C)C)cc1OC. The number of ether oxygens (including phenoxy) is 3.